The van der Waals surface area contributed by atoms with Crippen molar-refractivity contribution in [3.63, 3.8) is 0 Å². The molecule has 0 radical (unpaired) electrons. The van der Waals surface area contributed by atoms with Gasteiger partial charge in [0.25, 0.3) is 5.91 Å². The van der Waals surface area contributed by atoms with Gasteiger partial charge < -0.3 is 15.0 Å². The fourth-order valence-electron chi connectivity index (χ4n) is 3.95. The molecule has 1 aliphatic rings. The molecule has 2 heterocycles. The molecular weight excluding hydrogens is 440 g/mol. The van der Waals surface area contributed by atoms with Gasteiger partial charge in [-0.3, -0.25) is 4.79 Å². The maximum atomic E-state index is 13.1. The molecule has 2 aromatic carbocycles. The van der Waals surface area contributed by atoms with Gasteiger partial charge in [-0.2, -0.15) is 4.31 Å². The highest BCUT2D eigenvalue weighted by atomic mass is 32.2. The largest absolute Gasteiger partial charge is 0.378 e. The quantitative estimate of drug-likeness (QED) is 0.572. The SMILES string of the molecule is CCN(CC)S(=O)(=O)c1ccc(N2CCOCC2)c(NC(=O)c2ccc3ccccc3n2)c1. The molecule has 1 aliphatic heterocycles. The van der Waals surface area contributed by atoms with E-state index in [-0.39, 0.29) is 10.6 Å². The molecule has 174 valence electrons. The third kappa shape index (κ3) is 4.85. The summed E-state index contributed by atoms with van der Waals surface area (Å²) in [5.41, 5.74) is 2.17. The van der Waals surface area contributed by atoms with Gasteiger partial charge in [0, 0.05) is 31.6 Å². The minimum atomic E-state index is -3.68. The van der Waals surface area contributed by atoms with Crippen LogP contribution in [0.15, 0.2) is 59.5 Å². The van der Waals surface area contributed by atoms with Crippen LogP contribution in [0.1, 0.15) is 24.3 Å². The summed E-state index contributed by atoms with van der Waals surface area (Å²) in [7, 11) is -3.68. The first-order chi connectivity index (χ1) is 15.9. The van der Waals surface area contributed by atoms with E-state index in [9.17, 15) is 13.2 Å². The Balaban J connectivity index is 1.72. The number of amides is 1. The first-order valence-electron chi connectivity index (χ1n) is 11.1. The summed E-state index contributed by atoms with van der Waals surface area (Å²) in [6.07, 6.45) is 0. The molecule has 9 heteroatoms. The Hall–Kier alpha value is -3.01. The first kappa shape index (κ1) is 23.2. The first-order valence-corrected chi connectivity index (χ1v) is 12.5. The molecule has 1 amide bonds. The van der Waals surface area contributed by atoms with Gasteiger partial charge in [0.1, 0.15) is 5.69 Å². The highest BCUT2D eigenvalue weighted by Crippen LogP contribution is 2.31. The summed E-state index contributed by atoms with van der Waals surface area (Å²) < 4.78 is 33.1. The predicted octanol–water partition coefficient (Wildman–Crippen LogP) is 3.35. The Morgan fingerprint density at radius 2 is 1.79 bits per heavy atom. The van der Waals surface area contributed by atoms with Crippen molar-refractivity contribution in [1.82, 2.24) is 9.29 Å². The van der Waals surface area contributed by atoms with Crippen LogP contribution in [-0.2, 0) is 14.8 Å². The zero-order valence-corrected chi connectivity index (χ0v) is 19.6. The average Bonchev–Trinajstić information content (AvgIpc) is 2.84. The van der Waals surface area contributed by atoms with E-state index >= 15 is 0 Å². The van der Waals surface area contributed by atoms with Crippen LogP contribution in [0, 0.1) is 0 Å². The van der Waals surface area contributed by atoms with Crippen LogP contribution < -0.4 is 10.2 Å². The van der Waals surface area contributed by atoms with Gasteiger partial charge >= 0.3 is 0 Å². The Morgan fingerprint density at radius 3 is 2.52 bits per heavy atom. The number of sulfonamides is 1. The summed E-state index contributed by atoms with van der Waals surface area (Å²) in [4.78, 5) is 19.8. The Morgan fingerprint density at radius 1 is 1.06 bits per heavy atom. The van der Waals surface area contributed by atoms with E-state index in [0.717, 1.165) is 16.6 Å². The van der Waals surface area contributed by atoms with Gasteiger partial charge in [0.05, 0.1) is 35.0 Å². The summed E-state index contributed by atoms with van der Waals surface area (Å²) in [5.74, 6) is -0.396. The molecule has 1 saturated heterocycles. The van der Waals surface area contributed by atoms with Crippen molar-refractivity contribution in [2.24, 2.45) is 0 Å². The fraction of sp³-hybridized carbons (Fsp3) is 0.333. The molecule has 0 saturated carbocycles. The lowest BCUT2D eigenvalue weighted by molar-refractivity contribution is 0.102. The van der Waals surface area contributed by atoms with E-state index in [1.54, 1.807) is 32.0 Å². The molecule has 0 bridgehead atoms. The van der Waals surface area contributed by atoms with Crippen molar-refractivity contribution >= 4 is 38.2 Å². The van der Waals surface area contributed by atoms with Crippen LogP contribution >= 0.6 is 0 Å². The third-order valence-electron chi connectivity index (χ3n) is 5.74. The third-order valence-corrected chi connectivity index (χ3v) is 7.79. The van der Waals surface area contributed by atoms with Gasteiger partial charge in [-0.05, 0) is 30.3 Å². The van der Waals surface area contributed by atoms with Crippen molar-refractivity contribution in [2.45, 2.75) is 18.7 Å². The van der Waals surface area contributed by atoms with Crippen LogP contribution in [0.25, 0.3) is 10.9 Å². The average molecular weight is 469 g/mol. The van der Waals surface area contributed by atoms with Crippen molar-refractivity contribution < 1.29 is 17.9 Å². The maximum absolute atomic E-state index is 13.1. The van der Waals surface area contributed by atoms with Crippen LogP contribution in [0.4, 0.5) is 11.4 Å². The van der Waals surface area contributed by atoms with E-state index in [0.29, 0.717) is 45.1 Å². The molecule has 0 spiro atoms. The maximum Gasteiger partial charge on any atom is 0.274 e. The molecule has 0 aliphatic carbocycles. The highest BCUT2D eigenvalue weighted by molar-refractivity contribution is 7.89. The monoisotopic (exact) mass is 468 g/mol. The number of nitrogens with one attached hydrogen (secondary N) is 1. The van der Waals surface area contributed by atoms with Gasteiger partial charge in [0.15, 0.2) is 0 Å². The lowest BCUT2D eigenvalue weighted by Crippen LogP contribution is -2.37. The molecule has 0 unspecified atom stereocenters. The number of hydrogen-bond acceptors (Lipinski definition) is 6. The number of hydrogen-bond donors (Lipinski definition) is 1. The second-order valence-corrected chi connectivity index (χ2v) is 9.65. The number of morpholine rings is 1. The number of anilines is 2. The van der Waals surface area contributed by atoms with Crippen molar-refractivity contribution in [3.05, 3.63) is 60.3 Å². The number of para-hydroxylation sites is 1. The van der Waals surface area contributed by atoms with E-state index < -0.39 is 15.9 Å². The fourth-order valence-corrected chi connectivity index (χ4v) is 5.43. The highest BCUT2D eigenvalue weighted by Gasteiger charge is 2.25. The van der Waals surface area contributed by atoms with E-state index in [1.807, 2.05) is 30.3 Å². The number of rotatable bonds is 7. The zero-order chi connectivity index (χ0) is 23.4. The van der Waals surface area contributed by atoms with Gasteiger partial charge in [0.2, 0.25) is 10.0 Å². The predicted molar refractivity (Wildman–Crippen MR) is 129 cm³/mol. The number of benzene rings is 2. The van der Waals surface area contributed by atoms with Gasteiger partial charge in [-0.15, -0.1) is 0 Å². The smallest absolute Gasteiger partial charge is 0.274 e. The van der Waals surface area contributed by atoms with E-state index in [1.165, 1.54) is 10.4 Å². The van der Waals surface area contributed by atoms with Crippen LogP contribution in [-0.4, -0.2) is 63.0 Å². The normalized spacial score (nSPS) is 14.6. The molecule has 8 nitrogen and oxygen atoms in total. The number of carbonyl (C=O) groups excluding carboxylic acids is 1. The summed E-state index contributed by atoms with van der Waals surface area (Å²) in [5, 5.41) is 3.85. The summed E-state index contributed by atoms with van der Waals surface area (Å²) >= 11 is 0. The molecular formula is C24H28N4O4S. The van der Waals surface area contributed by atoms with Crippen molar-refractivity contribution in [1.29, 1.82) is 0 Å². The lowest BCUT2D eigenvalue weighted by Gasteiger charge is -2.31. The van der Waals surface area contributed by atoms with Crippen molar-refractivity contribution in [3.8, 4) is 0 Å². The Labute approximate surface area is 194 Å². The van der Waals surface area contributed by atoms with Crippen molar-refractivity contribution in [2.75, 3.05) is 49.6 Å². The number of carbonyl (C=O) groups is 1. The van der Waals surface area contributed by atoms with Crippen LogP contribution in [0.2, 0.25) is 0 Å². The Bertz CT molecular complexity index is 1250. The second kappa shape index (κ2) is 9.86. The van der Waals surface area contributed by atoms with Gasteiger partial charge in [-0.1, -0.05) is 38.1 Å². The van der Waals surface area contributed by atoms with Crippen LogP contribution in [0.5, 0.6) is 0 Å². The number of ether oxygens (including phenoxy) is 1. The Kier molecular flexibility index (Phi) is 6.92. The number of nitrogens with zero attached hydrogens (tertiary/aromatic N) is 3. The molecule has 0 atom stereocenters. The molecule has 1 N–H and O–H groups in total. The zero-order valence-electron chi connectivity index (χ0n) is 18.8. The standard InChI is InChI=1S/C24H28N4O4S/c1-3-28(4-2)33(30,31)19-10-12-23(27-13-15-32-16-14-27)22(17-19)26-24(29)21-11-9-18-7-5-6-8-20(18)25-21/h5-12,17H,3-4,13-16H2,1-2H3,(H,26,29). The van der Waals surface area contributed by atoms with Crippen LogP contribution in [0.3, 0.4) is 0 Å². The number of pyridine rings is 1. The van der Waals surface area contributed by atoms with E-state index in [2.05, 4.69) is 15.2 Å². The lowest BCUT2D eigenvalue weighted by atomic mass is 10.2. The molecule has 1 aromatic heterocycles. The summed E-state index contributed by atoms with van der Waals surface area (Å²) in [6, 6.07) is 16.0. The molecule has 1 fully saturated rings. The number of aromatic nitrogens is 1. The minimum absolute atomic E-state index is 0.144. The number of fused-ring (bicyclic) bond motifs is 1. The topological polar surface area (TPSA) is 91.8 Å². The molecule has 4 rings (SSSR count). The molecule has 33 heavy (non-hydrogen) atoms. The second-order valence-electron chi connectivity index (χ2n) is 7.71. The van der Waals surface area contributed by atoms with E-state index in [4.69, 9.17) is 4.74 Å². The van der Waals surface area contributed by atoms with Gasteiger partial charge in [-0.25, -0.2) is 13.4 Å². The molecule has 3 aromatic rings. The minimum Gasteiger partial charge on any atom is -0.378 e. The summed E-state index contributed by atoms with van der Waals surface area (Å²) in [6.45, 7) is 6.78.